The Morgan fingerprint density at radius 1 is 1.11 bits per heavy atom. The summed E-state index contributed by atoms with van der Waals surface area (Å²) in [4.78, 5) is 9.10. The molecule has 0 spiro atoms. The van der Waals surface area contributed by atoms with Gasteiger partial charge in [-0.25, -0.2) is 9.97 Å². The summed E-state index contributed by atoms with van der Waals surface area (Å²) in [6.45, 7) is 2.07. The van der Waals surface area contributed by atoms with Gasteiger partial charge < -0.3 is 9.30 Å². The molecule has 96 valence electrons. The Hall–Kier alpha value is -2.36. The molecule has 1 aromatic carbocycles. The van der Waals surface area contributed by atoms with Crippen LogP contribution in [-0.2, 0) is 7.05 Å². The van der Waals surface area contributed by atoms with E-state index in [0.717, 1.165) is 22.6 Å². The largest absolute Gasteiger partial charge is 0.481 e. The first kappa shape index (κ1) is 11.7. The summed E-state index contributed by atoms with van der Waals surface area (Å²) in [5, 5.41) is 0. The highest BCUT2D eigenvalue weighted by Gasteiger charge is 2.11. The highest BCUT2D eigenvalue weighted by atomic mass is 16.5. The number of pyridine rings is 1. The van der Waals surface area contributed by atoms with E-state index in [2.05, 4.69) is 39.7 Å². The Morgan fingerprint density at radius 2 is 1.95 bits per heavy atom. The minimum absolute atomic E-state index is 0.598. The number of nitrogens with zero attached hydrogens (tertiary/aromatic N) is 3. The van der Waals surface area contributed by atoms with E-state index in [9.17, 15) is 0 Å². The molecule has 0 unspecified atom stereocenters. The fourth-order valence-electron chi connectivity index (χ4n) is 2.19. The van der Waals surface area contributed by atoms with Crippen molar-refractivity contribution in [3.05, 3.63) is 42.0 Å². The number of benzene rings is 1. The van der Waals surface area contributed by atoms with Gasteiger partial charge in [0.15, 0.2) is 5.82 Å². The quantitative estimate of drug-likeness (QED) is 0.705. The lowest BCUT2D eigenvalue weighted by Crippen LogP contribution is -1.96. The van der Waals surface area contributed by atoms with Crippen LogP contribution >= 0.6 is 0 Å². The molecule has 0 aliphatic carbocycles. The van der Waals surface area contributed by atoms with Crippen LogP contribution in [0.15, 0.2) is 36.4 Å². The predicted molar refractivity (Wildman–Crippen MR) is 75.2 cm³/mol. The molecule has 0 fully saturated rings. The molecule has 0 N–H and O–H groups in total. The molecule has 0 saturated carbocycles. The van der Waals surface area contributed by atoms with Gasteiger partial charge in [-0.1, -0.05) is 12.1 Å². The van der Waals surface area contributed by atoms with E-state index in [4.69, 9.17) is 4.74 Å². The van der Waals surface area contributed by atoms with Gasteiger partial charge in [0.2, 0.25) is 5.88 Å². The minimum Gasteiger partial charge on any atom is -0.481 e. The molecule has 0 aliphatic rings. The number of methoxy groups -OCH3 is 1. The van der Waals surface area contributed by atoms with Crippen molar-refractivity contribution in [2.24, 2.45) is 7.05 Å². The third-order valence-electron chi connectivity index (χ3n) is 3.20. The Balaban J connectivity index is 2.21. The fourth-order valence-corrected chi connectivity index (χ4v) is 2.19. The van der Waals surface area contributed by atoms with Crippen LogP contribution in [0.1, 0.15) is 5.56 Å². The number of imidazole rings is 1. The summed E-state index contributed by atoms with van der Waals surface area (Å²) in [5.74, 6) is 1.44. The molecule has 2 aromatic heterocycles. The predicted octanol–water partition coefficient (Wildman–Crippen LogP) is 2.95. The first-order valence-electron chi connectivity index (χ1n) is 6.13. The molecule has 19 heavy (non-hydrogen) atoms. The highest BCUT2D eigenvalue weighted by Crippen LogP contribution is 2.24. The molecule has 0 bridgehead atoms. The second kappa shape index (κ2) is 4.39. The van der Waals surface area contributed by atoms with Crippen LogP contribution in [0.3, 0.4) is 0 Å². The van der Waals surface area contributed by atoms with Gasteiger partial charge in [-0.15, -0.1) is 0 Å². The molecule has 3 rings (SSSR count). The Kier molecular flexibility index (Phi) is 2.71. The molecule has 4 heteroatoms. The summed E-state index contributed by atoms with van der Waals surface area (Å²) >= 11 is 0. The van der Waals surface area contributed by atoms with Gasteiger partial charge in [-0.05, 0) is 30.7 Å². The molecule has 0 saturated heterocycles. The van der Waals surface area contributed by atoms with E-state index in [0.29, 0.717) is 5.88 Å². The topological polar surface area (TPSA) is 39.9 Å². The molecule has 0 atom stereocenters. The monoisotopic (exact) mass is 253 g/mol. The van der Waals surface area contributed by atoms with Crippen molar-refractivity contribution in [3.8, 4) is 17.4 Å². The van der Waals surface area contributed by atoms with Crippen molar-refractivity contribution in [2.45, 2.75) is 6.92 Å². The molecular formula is C15H15N3O. The number of hydrogen-bond donors (Lipinski definition) is 0. The van der Waals surface area contributed by atoms with E-state index < -0.39 is 0 Å². The van der Waals surface area contributed by atoms with Gasteiger partial charge >= 0.3 is 0 Å². The standard InChI is InChI=1S/C15H15N3O/c1-10-7-8-13-12(9-10)17-15(18(13)2)11-5-4-6-14(16-11)19-3/h4-9H,1-3H3. The van der Waals surface area contributed by atoms with E-state index in [1.54, 1.807) is 7.11 Å². The maximum atomic E-state index is 5.16. The van der Waals surface area contributed by atoms with Crippen molar-refractivity contribution >= 4 is 11.0 Å². The average molecular weight is 253 g/mol. The second-order valence-electron chi connectivity index (χ2n) is 4.55. The van der Waals surface area contributed by atoms with Crippen molar-refractivity contribution in [2.75, 3.05) is 7.11 Å². The second-order valence-corrected chi connectivity index (χ2v) is 4.55. The number of fused-ring (bicyclic) bond motifs is 1. The molecular weight excluding hydrogens is 238 g/mol. The van der Waals surface area contributed by atoms with Crippen LogP contribution in [0, 0.1) is 6.92 Å². The van der Waals surface area contributed by atoms with Crippen LogP contribution in [0.2, 0.25) is 0 Å². The first-order valence-corrected chi connectivity index (χ1v) is 6.13. The maximum absolute atomic E-state index is 5.16. The number of aryl methyl sites for hydroxylation is 2. The molecule has 4 nitrogen and oxygen atoms in total. The van der Waals surface area contributed by atoms with Crippen LogP contribution < -0.4 is 4.74 Å². The molecule has 0 radical (unpaired) electrons. The summed E-state index contributed by atoms with van der Waals surface area (Å²) in [6, 6.07) is 12.0. The molecule has 0 aliphatic heterocycles. The van der Waals surface area contributed by atoms with Crippen LogP contribution in [0.5, 0.6) is 5.88 Å². The van der Waals surface area contributed by atoms with Gasteiger partial charge in [0.05, 0.1) is 18.1 Å². The third-order valence-corrected chi connectivity index (χ3v) is 3.20. The van der Waals surface area contributed by atoms with Gasteiger partial charge in [-0.2, -0.15) is 0 Å². The van der Waals surface area contributed by atoms with Crippen LogP contribution in [0.25, 0.3) is 22.6 Å². The number of aromatic nitrogens is 3. The van der Waals surface area contributed by atoms with Crippen molar-refractivity contribution in [1.29, 1.82) is 0 Å². The summed E-state index contributed by atoms with van der Waals surface area (Å²) in [7, 11) is 3.62. The number of hydrogen-bond acceptors (Lipinski definition) is 3. The van der Waals surface area contributed by atoms with E-state index in [-0.39, 0.29) is 0 Å². The number of ether oxygens (including phenoxy) is 1. The van der Waals surface area contributed by atoms with Crippen LogP contribution in [-0.4, -0.2) is 21.6 Å². The Labute approximate surface area is 111 Å². The van der Waals surface area contributed by atoms with Gasteiger partial charge in [0, 0.05) is 13.1 Å². The summed E-state index contributed by atoms with van der Waals surface area (Å²) < 4.78 is 7.21. The SMILES string of the molecule is COc1cccc(-c2nc3cc(C)ccc3n2C)n1. The molecule has 0 amide bonds. The smallest absolute Gasteiger partial charge is 0.213 e. The average Bonchev–Trinajstić information content (AvgIpc) is 2.75. The first-order chi connectivity index (χ1) is 9.19. The zero-order valence-electron chi connectivity index (χ0n) is 11.2. The molecule has 2 heterocycles. The van der Waals surface area contributed by atoms with Gasteiger partial charge in [0.1, 0.15) is 5.69 Å². The minimum atomic E-state index is 0.598. The highest BCUT2D eigenvalue weighted by molar-refractivity contribution is 5.80. The van der Waals surface area contributed by atoms with Crippen molar-refractivity contribution < 1.29 is 4.74 Å². The molecule has 3 aromatic rings. The lowest BCUT2D eigenvalue weighted by Gasteiger charge is -2.03. The van der Waals surface area contributed by atoms with Crippen molar-refractivity contribution in [3.63, 3.8) is 0 Å². The maximum Gasteiger partial charge on any atom is 0.213 e. The van der Waals surface area contributed by atoms with E-state index in [1.165, 1.54) is 5.56 Å². The zero-order valence-corrected chi connectivity index (χ0v) is 11.2. The lowest BCUT2D eigenvalue weighted by atomic mass is 10.2. The van der Waals surface area contributed by atoms with E-state index in [1.807, 2.05) is 25.2 Å². The summed E-state index contributed by atoms with van der Waals surface area (Å²) in [5.41, 5.74) is 4.11. The van der Waals surface area contributed by atoms with Gasteiger partial charge in [0.25, 0.3) is 0 Å². The lowest BCUT2D eigenvalue weighted by molar-refractivity contribution is 0.398. The summed E-state index contributed by atoms with van der Waals surface area (Å²) in [6.07, 6.45) is 0. The number of rotatable bonds is 2. The Morgan fingerprint density at radius 3 is 2.74 bits per heavy atom. The van der Waals surface area contributed by atoms with E-state index >= 15 is 0 Å². The Bertz CT molecular complexity index is 746. The normalized spacial score (nSPS) is 10.9. The zero-order chi connectivity index (χ0) is 13.4. The fraction of sp³-hybridized carbons (Fsp3) is 0.200. The third kappa shape index (κ3) is 1.95. The van der Waals surface area contributed by atoms with Crippen molar-refractivity contribution in [1.82, 2.24) is 14.5 Å². The van der Waals surface area contributed by atoms with Crippen LogP contribution in [0.4, 0.5) is 0 Å². The van der Waals surface area contributed by atoms with Gasteiger partial charge in [-0.3, -0.25) is 0 Å².